The van der Waals surface area contributed by atoms with Gasteiger partial charge in [0.05, 0.1) is 11.1 Å². The van der Waals surface area contributed by atoms with Crippen LogP contribution in [-0.4, -0.2) is 23.6 Å². The maximum atomic E-state index is 8.59. The molecule has 0 unspecified atom stereocenters. The van der Waals surface area contributed by atoms with Crippen molar-refractivity contribution in [2.24, 2.45) is 0 Å². The number of aryl methyl sites for hydroxylation is 1. The van der Waals surface area contributed by atoms with Gasteiger partial charge in [0, 0.05) is 23.0 Å². The molecule has 0 fully saturated rings. The molecule has 0 aliphatic heterocycles. The first-order valence-corrected chi connectivity index (χ1v) is 7.21. The van der Waals surface area contributed by atoms with Gasteiger partial charge in [0.25, 0.3) is 0 Å². The van der Waals surface area contributed by atoms with Crippen molar-refractivity contribution in [2.45, 2.75) is 6.92 Å². The van der Waals surface area contributed by atoms with Crippen molar-refractivity contribution in [1.82, 2.24) is 9.97 Å². The van der Waals surface area contributed by atoms with E-state index in [1.165, 1.54) is 0 Å². The quantitative estimate of drug-likeness (QED) is 0.867. The summed E-state index contributed by atoms with van der Waals surface area (Å²) in [4.78, 5) is 10.6. The molecule has 1 N–H and O–H groups in total. The van der Waals surface area contributed by atoms with E-state index in [9.17, 15) is 0 Å². The Balaban J connectivity index is 2.28. The lowest BCUT2D eigenvalue weighted by atomic mass is 10.4. The Bertz CT molecular complexity index is 619. The molecule has 0 spiro atoms. The lowest BCUT2D eigenvalue weighted by Gasteiger charge is -2.17. The molecular formula is C12H12BrN5S. The number of aromatic nitrogens is 2. The number of nitrogens with zero attached hydrogens (tertiary/aromatic N) is 4. The van der Waals surface area contributed by atoms with Crippen molar-refractivity contribution in [3.05, 3.63) is 27.8 Å². The van der Waals surface area contributed by atoms with Gasteiger partial charge >= 0.3 is 0 Å². The topological polar surface area (TPSA) is 64.8 Å². The fourth-order valence-corrected chi connectivity index (χ4v) is 2.93. The predicted octanol–water partition coefficient (Wildman–Crippen LogP) is 3.31. The summed E-state index contributed by atoms with van der Waals surface area (Å²) < 4.78 is 1.05. The lowest BCUT2D eigenvalue weighted by Crippen LogP contribution is -2.12. The molecule has 19 heavy (non-hydrogen) atoms. The molecule has 2 aromatic rings. The van der Waals surface area contributed by atoms with Gasteiger partial charge < -0.3 is 10.2 Å². The highest BCUT2D eigenvalue weighted by Gasteiger charge is 2.10. The van der Waals surface area contributed by atoms with Crippen LogP contribution in [0, 0.1) is 18.3 Å². The van der Waals surface area contributed by atoms with Crippen LogP contribution in [0.1, 0.15) is 5.82 Å². The summed E-state index contributed by atoms with van der Waals surface area (Å²) in [6.07, 6.45) is 0. The Kier molecular flexibility index (Phi) is 4.35. The van der Waals surface area contributed by atoms with Crippen LogP contribution in [0.4, 0.5) is 16.6 Å². The van der Waals surface area contributed by atoms with Crippen LogP contribution in [0.15, 0.2) is 22.0 Å². The number of hydrogen-bond acceptors (Lipinski definition) is 6. The van der Waals surface area contributed by atoms with Gasteiger partial charge in [-0.15, -0.1) is 11.3 Å². The smallest absolute Gasteiger partial charge is 0.139 e. The van der Waals surface area contributed by atoms with Gasteiger partial charge in [-0.3, -0.25) is 0 Å². The Morgan fingerprint density at radius 2 is 2.26 bits per heavy atom. The summed E-state index contributed by atoms with van der Waals surface area (Å²) in [5, 5.41) is 14.6. The first kappa shape index (κ1) is 13.8. The molecule has 98 valence electrons. The summed E-state index contributed by atoms with van der Waals surface area (Å²) >= 11 is 5.07. The Labute approximate surface area is 124 Å². The minimum atomic E-state index is 0.226. The van der Waals surface area contributed by atoms with Crippen LogP contribution in [0.2, 0.25) is 0 Å². The summed E-state index contributed by atoms with van der Waals surface area (Å²) in [6, 6.07) is 5.89. The van der Waals surface area contributed by atoms with Crippen molar-refractivity contribution in [3.63, 3.8) is 0 Å². The van der Waals surface area contributed by atoms with Crippen LogP contribution in [-0.2, 0) is 0 Å². The van der Waals surface area contributed by atoms with E-state index >= 15 is 0 Å². The molecule has 0 aromatic carbocycles. The van der Waals surface area contributed by atoms with Gasteiger partial charge in [-0.25, -0.2) is 9.97 Å². The Morgan fingerprint density at radius 1 is 1.47 bits per heavy atom. The molecule has 0 saturated carbocycles. The van der Waals surface area contributed by atoms with E-state index in [-0.39, 0.29) is 6.54 Å². The van der Waals surface area contributed by atoms with E-state index in [4.69, 9.17) is 5.26 Å². The van der Waals surface area contributed by atoms with Crippen molar-refractivity contribution in [3.8, 4) is 6.07 Å². The molecule has 2 heterocycles. The van der Waals surface area contributed by atoms with Gasteiger partial charge in [-0.05, 0) is 28.9 Å². The van der Waals surface area contributed by atoms with E-state index in [0.717, 1.165) is 15.3 Å². The second-order valence-corrected chi connectivity index (χ2v) is 5.64. The molecule has 0 saturated heterocycles. The maximum Gasteiger partial charge on any atom is 0.139 e. The van der Waals surface area contributed by atoms with Crippen LogP contribution in [0.5, 0.6) is 0 Å². The second-order valence-electron chi connectivity index (χ2n) is 3.83. The summed E-state index contributed by atoms with van der Waals surface area (Å²) in [5.74, 6) is 2.12. The standard InChI is InChI=1S/C12H12BrN5S/c1-8-16-10(15-4-3-14)6-11(17-8)18(2)12-5-9(13)7-19-12/h5-7H,4H2,1-2H3,(H,15,16,17). The van der Waals surface area contributed by atoms with Gasteiger partial charge in [0.15, 0.2) is 0 Å². The molecule has 0 aliphatic rings. The zero-order valence-electron chi connectivity index (χ0n) is 10.5. The fourth-order valence-electron chi connectivity index (χ4n) is 1.54. The molecule has 0 bridgehead atoms. The van der Waals surface area contributed by atoms with E-state index in [2.05, 4.69) is 31.2 Å². The number of nitrogens with one attached hydrogen (secondary N) is 1. The second kappa shape index (κ2) is 5.99. The number of halogens is 1. The Morgan fingerprint density at radius 3 is 2.89 bits per heavy atom. The number of rotatable bonds is 4. The molecule has 2 rings (SSSR count). The van der Waals surface area contributed by atoms with Crippen molar-refractivity contribution in [2.75, 3.05) is 23.8 Å². The first-order valence-electron chi connectivity index (χ1n) is 5.54. The fraction of sp³-hybridized carbons (Fsp3) is 0.250. The highest BCUT2D eigenvalue weighted by atomic mass is 79.9. The third kappa shape index (κ3) is 3.43. The Hall–Kier alpha value is -1.65. The summed E-state index contributed by atoms with van der Waals surface area (Å²) in [5.41, 5.74) is 0. The van der Waals surface area contributed by atoms with Gasteiger partial charge in [-0.2, -0.15) is 5.26 Å². The molecule has 2 aromatic heterocycles. The largest absolute Gasteiger partial charge is 0.357 e. The van der Waals surface area contributed by atoms with Crippen LogP contribution < -0.4 is 10.2 Å². The zero-order chi connectivity index (χ0) is 13.8. The van der Waals surface area contributed by atoms with Crippen molar-refractivity contribution >= 4 is 43.9 Å². The molecule has 0 radical (unpaired) electrons. The highest BCUT2D eigenvalue weighted by Crippen LogP contribution is 2.31. The van der Waals surface area contributed by atoms with Crippen molar-refractivity contribution < 1.29 is 0 Å². The van der Waals surface area contributed by atoms with E-state index < -0.39 is 0 Å². The van der Waals surface area contributed by atoms with E-state index in [0.29, 0.717) is 11.6 Å². The minimum absolute atomic E-state index is 0.226. The van der Waals surface area contributed by atoms with Crippen LogP contribution in [0.3, 0.4) is 0 Å². The number of hydrogen-bond donors (Lipinski definition) is 1. The highest BCUT2D eigenvalue weighted by molar-refractivity contribution is 9.10. The number of nitriles is 1. The maximum absolute atomic E-state index is 8.59. The normalized spacial score (nSPS) is 10.0. The number of anilines is 3. The lowest BCUT2D eigenvalue weighted by molar-refractivity contribution is 1.01. The van der Waals surface area contributed by atoms with Crippen LogP contribution in [0.25, 0.3) is 0 Å². The molecule has 5 nitrogen and oxygen atoms in total. The van der Waals surface area contributed by atoms with E-state index in [1.807, 2.05) is 42.5 Å². The number of thiophene rings is 1. The average Bonchev–Trinajstić information content (AvgIpc) is 2.81. The van der Waals surface area contributed by atoms with Gasteiger partial charge in [-0.1, -0.05) is 0 Å². The SMILES string of the molecule is Cc1nc(NCC#N)cc(N(C)c2cc(Br)cs2)n1. The molecule has 7 heteroatoms. The zero-order valence-corrected chi connectivity index (χ0v) is 12.9. The minimum Gasteiger partial charge on any atom is -0.357 e. The summed E-state index contributed by atoms with van der Waals surface area (Å²) in [6.45, 7) is 2.06. The third-order valence-corrected chi connectivity index (χ3v) is 4.17. The summed E-state index contributed by atoms with van der Waals surface area (Å²) in [7, 11) is 1.95. The van der Waals surface area contributed by atoms with E-state index in [1.54, 1.807) is 11.3 Å². The average molecular weight is 338 g/mol. The van der Waals surface area contributed by atoms with Crippen LogP contribution >= 0.6 is 27.3 Å². The molecule has 0 aliphatic carbocycles. The van der Waals surface area contributed by atoms with Gasteiger partial charge in [0.2, 0.25) is 0 Å². The molecule has 0 atom stereocenters. The van der Waals surface area contributed by atoms with Gasteiger partial charge in [0.1, 0.15) is 24.0 Å². The first-order chi connectivity index (χ1) is 9.10. The third-order valence-electron chi connectivity index (χ3n) is 2.40. The predicted molar refractivity (Wildman–Crippen MR) is 81.0 cm³/mol. The molecule has 0 amide bonds. The molecular weight excluding hydrogens is 326 g/mol. The van der Waals surface area contributed by atoms with Crippen molar-refractivity contribution in [1.29, 1.82) is 5.26 Å². The monoisotopic (exact) mass is 337 g/mol.